The average molecular weight is 319 g/mol. The zero-order valence-electron chi connectivity index (χ0n) is 11.9. The molecule has 0 radical (unpaired) electrons. The van der Waals surface area contributed by atoms with E-state index in [0.29, 0.717) is 16.5 Å². The quantitative estimate of drug-likeness (QED) is 0.852. The van der Waals surface area contributed by atoms with Crippen LogP contribution in [-0.2, 0) is 16.1 Å². The maximum atomic E-state index is 11.9. The number of ether oxygens (including phenoxy) is 1. The van der Waals surface area contributed by atoms with E-state index in [4.69, 9.17) is 16.3 Å². The number of para-hydroxylation sites is 2. The van der Waals surface area contributed by atoms with Crippen LogP contribution in [0.4, 0.5) is 5.69 Å². The summed E-state index contributed by atoms with van der Waals surface area (Å²) in [5, 5.41) is 5.67. The van der Waals surface area contributed by atoms with Gasteiger partial charge in [0.25, 0.3) is 0 Å². The third kappa shape index (κ3) is 4.23. The summed E-state index contributed by atoms with van der Waals surface area (Å²) in [4.78, 5) is 23.7. The summed E-state index contributed by atoms with van der Waals surface area (Å²) in [5.41, 5.74) is 1.29. The van der Waals surface area contributed by atoms with E-state index in [2.05, 4.69) is 10.6 Å². The third-order valence-electron chi connectivity index (χ3n) is 2.93. The first-order valence-electron chi connectivity index (χ1n) is 6.57. The number of carbonyl (C=O) groups excluding carboxylic acids is 2. The Kier molecular flexibility index (Phi) is 5.38. The Morgan fingerprint density at radius 1 is 1.05 bits per heavy atom. The predicted molar refractivity (Wildman–Crippen MR) is 84.9 cm³/mol. The minimum absolute atomic E-state index is 0.245. The van der Waals surface area contributed by atoms with Gasteiger partial charge < -0.3 is 15.4 Å². The van der Waals surface area contributed by atoms with Gasteiger partial charge in [0.2, 0.25) is 0 Å². The lowest BCUT2D eigenvalue weighted by Crippen LogP contribution is -2.35. The van der Waals surface area contributed by atoms with E-state index in [-0.39, 0.29) is 6.54 Å². The van der Waals surface area contributed by atoms with Gasteiger partial charge in [-0.25, -0.2) is 0 Å². The van der Waals surface area contributed by atoms with Crippen molar-refractivity contribution in [3.05, 3.63) is 59.1 Å². The van der Waals surface area contributed by atoms with Crippen LogP contribution >= 0.6 is 11.6 Å². The number of hydrogen-bond donors (Lipinski definition) is 2. The van der Waals surface area contributed by atoms with Gasteiger partial charge in [0, 0.05) is 11.6 Å². The van der Waals surface area contributed by atoms with E-state index in [1.54, 1.807) is 48.5 Å². The number of hydrogen-bond acceptors (Lipinski definition) is 3. The molecule has 0 aliphatic heterocycles. The highest BCUT2D eigenvalue weighted by molar-refractivity contribution is 6.39. The van der Waals surface area contributed by atoms with Crippen LogP contribution in [0.25, 0.3) is 0 Å². The van der Waals surface area contributed by atoms with Crippen LogP contribution in [0.15, 0.2) is 48.5 Å². The molecule has 0 aliphatic carbocycles. The molecule has 0 fully saturated rings. The zero-order chi connectivity index (χ0) is 15.9. The van der Waals surface area contributed by atoms with E-state index < -0.39 is 11.8 Å². The molecule has 2 N–H and O–H groups in total. The Hall–Kier alpha value is -2.53. The van der Waals surface area contributed by atoms with Crippen LogP contribution in [0, 0.1) is 0 Å². The first-order chi connectivity index (χ1) is 10.6. The van der Waals surface area contributed by atoms with Crippen LogP contribution in [0.3, 0.4) is 0 Å². The van der Waals surface area contributed by atoms with Crippen molar-refractivity contribution in [1.29, 1.82) is 0 Å². The number of amides is 2. The second-order valence-electron chi connectivity index (χ2n) is 4.46. The SMILES string of the molecule is COc1ccccc1NC(=O)C(=O)NCc1ccc(Cl)cc1. The Bertz CT molecular complexity index is 671. The van der Waals surface area contributed by atoms with Gasteiger partial charge in [-0.15, -0.1) is 0 Å². The van der Waals surface area contributed by atoms with Crippen molar-refractivity contribution in [2.24, 2.45) is 0 Å². The summed E-state index contributed by atoms with van der Waals surface area (Å²) in [6, 6.07) is 13.9. The van der Waals surface area contributed by atoms with Gasteiger partial charge in [0.05, 0.1) is 12.8 Å². The molecule has 6 heteroatoms. The summed E-state index contributed by atoms with van der Waals surface area (Å²) >= 11 is 5.78. The fraction of sp³-hybridized carbons (Fsp3) is 0.125. The summed E-state index contributed by atoms with van der Waals surface area (Å²) in [6.07, 6.45) is 0. The van der Waals surface area contributed by atoms with Crippen LogP contribution in [-0.4, -0.2) is 18.9 Å². The molecule has 0 heterocycles. The average Bonchev–Trinajstić information content (AvgIpc) is 2.54. The largest absolute Gasteiger partial charge is 0.495 e. The van der Waals surface area contributed by atoms with E-state index >= 15 is 0 Å². The molecular formula is C16H15ClN2O3. The molecule has 0 saturated heterocycles. The lowest BCUT2D eigenvalue weighted by atomic mass is 10.2. The lowest BCUT2D eigenvalue weighted by Gasteiger charge is -2.10. The second kappa shape index (κ2) is 7.47. The van der Waals surface area contributed by atoms with E-state index in [0.717, 1.165) is 5.56 Å². The summed E-state index contributed by atoms with van der Waals surface area (Å²) < 4.78 is 5.11. The normalized spacial score (nSPS) is 9.91. The Morgan fingerprint density at radius 2 is 1.73 bits per heavy atom. The number of anilines is 1. The van der Waals surface area contributed by atoms with Gasteiger partial charge in [-0.2, -0.15) is 0 Å². The topological polar surface area (TPSA) is 67.4 Å². The summed E-state index contributed by atoms with van der Waals surface area (Å²) in [5.74, 6) is -0.985. The van der Waals surface area contributed by atoms with Gasteiger partial charge >= 0.3 is 11.8 Å². The van der Waals surface area contributed by atoms with Crippen molar-refractivity contribution < 1.29 is 14.3 Å². The van der Waals surface area contributed by atoms with Crippen molar-refractivity contribution in [3.63, 3.8) is 0 Å². The highest BCUT2D eigenvalue weighted by Gasteiger charge is 2.15. The zero-order valence-corrected chi connectivity index (χ0v) is 12.7. The number of carbonyl (C=O) groups is 2. The molecule has 2 rings (SSSR count). The van der Waals surface area contributed by atoms with Crippen molar-refractivity contribution in [2.75, 3.05) is 12.4 Å². The molecule has 2 amide bonds. The van der Waals surface area contributed by atoms with Crippen LogP contribution in [0.2, 0.25) is 5.02 Å². The smallest absolute Gasteiger partial charge is 0.313 e. The molecule has 5 nitrogen and oxygen atoms in total. The molecule has 2 aromatic carbocycles. The monoisotopic (exact) mass is 318 g/mol. The lowest BCUT2D eigenvalue weighted by molar-refractivity contribution is -0.136. The maximum Gasteiger partial charge on any atom is 0.313 e. The maximum absolute atomic E-state index is 11.9. The van der Waals surface area contributed by atoms with Crippen molar-refractivity contribution in [2.45, 2.75) is 6.54 Å². The fourth-order valence-corrected chi connectivity index (χ4v) is 1.92. The highest BCUT2D eigenvalue weighted by atomic mass is 35.5. The van der Waals surface area contributed by atoms with Gasteiger partial charge in [-0.3, -0.25) is 9.59 Å². The highest BCUT2D eigenvalue weighted by Crippen LogP contribution is 2.22. The first kappa shape index (κ1) is 15.9. The Morgan fingerprint density at radius 3 is 2.41 bits per heavy atom. The van der Waals surface area contributed by atoms with Crippen molar-refractivity contribution in [3.8, 4) is 5.75 Å². The number of halogens is 1. The van der Waals surface area contributed by atoms with Gasteiger partial charge in [0.15, 0.2) is 0 Å². The van der Waals surface area contributed by atoms with Crippen molar-refractivity contribution >= 4 is 29.1 Å². The van der Waals surface area contributed by atoms with Crippen molar-refractivity contribution in [1.82, 2.24) is 5.32 Å². The Balaban J connectivity index is 1.92. The van der Waals surface area contributed by atoms with E-state index in [1.165, 1.54) is 7.11 Å². The number of nitrogens with one attached hydrogen (secondary N) is 2. The number of rotatable bonds is 4. The van der Waals surface area contributed by atoms with Crippen LogP contribution < -0.4 is 15.4 Å². The summed E-state index contributed by atoms with van der Waals surface area (Å²) in [7, 11) is 1.49. The van der Waals surface area contributed by atoms with Crippen LogP contribution in [0.5, 0.6) is 5.75 Å². The predicted octanol–water partition coefficient (Wildman–Crippen LogP) is 2.60. The summed E-state index contributed by atoms with van der Waals surface area (Å²) in [6.45, 7) is 0.245. The molecule has 0 bridgehead atoms. The molecule has 0 saturated carbocycles. The molecule has 22 heavy (non-hydrogen) atoms. The fourth-order valence-electron chi connectivity index (χ4n) is 1.79. The van der Waals surface area contributed by atoms with Gasteiger partial charge in [-0.05, 0) is 29.8 Å². The molecule has 0 unspecified atom stereocenters. The van der Waals surface area contributed by atoms with Gasteiger partial charge in [-0.1, -0.05) is 35.9 Å². The molecule has 0 aromatic heterocycles. The molecule has 0 aliphatic rings. The molecular weight excluding hydrogens is 304 g/mol. The standard InChI is InChI=1S/C16H15ClN2O3/c1-22-14-5-3-2-4-13(14)19-16(21)15(20)18-10-11-6-8-12(17)9-7-11/h2-9H,10H2,1H3,(H,18,20)(H,19,21). The first-order valence-corrected chi connectivity index (χ1v) is 6.94. The minimum atomic E-state index is -0.751. The van der Waals surface area contributed by atoms with E-state index in [9.17, 15) is 9.59 Å². The molecule has 2 aromatic rings. The minimum Gasteiger partial charge on any atom is -0.495 e. The molecule has 0 spiro atoms. The van der Waals surface area contributed by atoms with Gasteiger partial charge in [0.1, 0.15) is 5.75 Å². The molecule has 0 atom stereocenters. The molecule has 114 valence electrons. The third-order valence-corrected chi connectivity index (χ3v) is 3.18. The number of methoxy groups -OCH3 is 1. The van der Waals surface area contributed by atoms with E-state index in [1.807, 2.05) is 0 Å². The Labute approximate surface area is 133 Å². The van der Waals surface area contributed by atoms with Crippen LogP contribution in [0.1, 0.15) is 5.56 Å². The second-order valence-corrected chi connectivity index (χ2v) is 4.90. The number of benzene rings is 2.